The Labute approximate surface area is 177 Å². The highest BCUT2D eigenvalue weighted by Gasteiger charge is 2.14. The molecule has 0 spiro atoms. The molecule has 0 amide bonds. The zero-order valence-corrected chi connectivity index (χ0v) is 18.1. The molecule has 1 aliphatic rings. The summed E-state index contributed by atoms with van der Waals surface area (Å²) in [4.78, 5) is 4.45. The number of halogens is 3. The molecule has 0 saturated carbocycles. The quantitative estimate of drug-likeness (QED) is 0.226. The largest absolute Gasteiger partial charge is 0.379 e. The van der Waals surface area contributed by atoms with Crippen LogP contribution in [0.1, 0.15) is 31.7 Å². The van der Waals surface area contributed by atoms with E-state index >= 15 is 0 Å². The van der Waals surface area contributed by atoms with E-state index < -0.39 is 11.6 Å². The van der Waals surface area contributed by atoms with Gasteiger partial charge in [0, 0.05) is 38.4 Å². The fraction of sp³-hybridized carbons (Fsp3) is 0.632. The number of hydrogen-bond acceptors (Lipinski definition) is 3. The predicted molar refractivity (Wildman–Crippen MR) is 114 cm³/mol. The Morgan fingerprint density at radius 1 is 1.30 bits per heavy atom. The summed E-state index contributed by atoms with van der Waals surface area (Å²) in [5, 5.41) is 6.23. The maximum absolute atomic E-state index is 13.6. The molecule has 5 nitrogen and oxygen atoms in total. The number of rotatable bonds is 10. The highest BCUT2D eigenvalue weighted by Crippen LogP contribution is 2.12. The molecule has 2 rings (SSSR count). The first-order valence-corrected chi connectivity index (χ1v) is 9.35. The third-order valence-electron chi connectivity index (χ3n) is 4.12. The van der Waals surface area contributed by atoms with Crippen LogP contribution in [-0.4, -0.2) is 51.5 Å². The summed E-state index contributed by atoms with van der Waals surface area (Å²) in [6.45, 7) is 5.84. The van der Waals surface area contributed by atoms with Gasteiger partial charge in [0.05, 0.1) is 12.7 Å². The zero-order valence-electron chi connectivity index (χ0n) is 15.8. The first-order valence-electron chi connectivity index (χ1n) is 9.35. The van der Waals surface area contributed by atoms with Gasteiger partial charge in [0.25, 0.3) is 0 Å². The minimum absolute atomic E-state index is 0. The number of nitrogens with zero attached hydrogens (tertiary/aromatic N) is 1. The summed E-state index contributed by atoms with van der Waals surface area (Å²) in [7, 11) is 0. The van der Waals surface area contributed by atoms with Gasteiger partial charge in [0.1, 0.15) is 11.6 Å². The second kappa shape index (κ2) is 14.1. The van der Waals surface area contributed by atoms with E-state index in [9.17, 15) is 8.78 Å². The van der Waals surface area contributed by atoms with Crippen molar-refractivity contribution >= 4 is 29.9 Å². The highest BCUT2D eigenvalue weighted by molar-refractivity contribution is 14.0. The standard InChI is InChI=1S/C19H29F2N3O2.HI/c1-2-22-19(23-10-5-12-25-14-15-6-4-13-26-15)24-11-9-16-17(20)7-3-8-18(16)21;/h3,7-8,15H,2,4-6,9-14H2,1H3,(H2,22,23,24);1H. The molecule has 1 aromatic rings. The Bertz CT molecular complexity index is 550. The van der Waals surface area contributed by atoms with Crippen molar-refractivity contribution in [1.29, 1.82) is 0 Å². The Morgan fingerprint density at radius 2 is 2.07 bits per heavy atom. The van der Waals surface area contributed by atoms with Gasteiger partial charge >= 0.3 is 0 Å². The molecule has 1 atom stereocenters. The van der Waals surface area contributed by atoms with E-state index in [2.05, 4.69) is 15.6 Å². The summed E-state index contributed by atoms with van der Waals surface area (Å²) in [6.07, 6.45) is 3.51. The van der Waals surface area contributed by atoms with Crippen LogP contribution in [0.15, 0.2) is 23.2 Å². The maximum Gasteiger partial charge on any atom is 0.191 e. The first-order chi connectivity index (χ1) is 12.7. The zero-order chi connectivity index (χ0) is 18.6. The maximum atomic E-state index is 13.6. The Hall–Kier alpha value is -1.000. The summed E-state index contributed by atoms with van der Waals surface area (Å²) in [6, 6.07) is 3.91. The van der Waals surface area contributed by atoms with Crippen molar-refractivity contribution in [3.63, 3.8) is 0 Å². The molecule has 1 heterocycles. The van der Waals surface area contributed by atoms with Crippen molar-refractivity contribution in [1.82, 2.24) is 10.6 Å². The lowest BCUT2D eigenvalue weighted by molar-refractivity contribution is 0.0171. The predicted octanol–water partition coefficient (Wildman–Crippen LogP) is 3.27. The number of nitrogens with one attached hydrogen (secondary N) is 2. The number of guanidine groups is 1. The molecule has 0 aromatic heterocycles. The van der Waals surface area contributed by atoms with Crippen LogP contribution < -0.4 is 10.6 Å². The van der Waals surface area contributed by atoms with E-state index in [1.807, 2.05) is 6.92 Å². The van der Waals surface area contributed by atoms with Crippen LogP contribution in [0.5, 0.6) is 0 Å². The van der Waals surface area contributed by atoms with E-state index in [4.69, 9.17) is 9.47 Å². The van der Waals surface area contributed by atoms with Gasteiger partial charge in [0.2, 0.25) is 0 Å². The molecular formula is C19H30F2IN3O2. The van der Waals surface area contributed by atoms with Gasteiger partial charge in [-0.05, 0) is 44.7 Å². The van der Waals surface area contributed by atoms with Crippen LogP contribution in [0.3, 0.4) is 0 Å². The Morgan fingerprint density at radius 3 is 2.74 bits per heavy atom. The molecule has 2 N–H and O–H groups in total. The van der Waals surface area contributed by atoms with Crippen LogP contribution >= 0.6 is 24.0 Å². The average molecular weight is 497 g/mol. The molecule has 1 unspecified atom stereocenters. The summed E-state index contributed by atoms with van der Waals surface area (Å²) in [5.41, 5.74) is 0.0957. The van der Waals surface area contributed by atoms with E-state index in [-0.39, 0.29) is 42.1 Å². The smallest absolute Gasteiger partial charge is 0.191 e. The molecule has 154 valence electrons. The van der Waals surface area contributed by atoms with Gasteiger partial charge in [-0.2, -0.15) is 0 Å². The van der Waals surface area contributed by atoms with Crippen molar-refractivity contribution in [2.24, 2.45) is 4.99 Å². The first kappa shape index (κ1) is 24.0. The van der Waals surface area contributed by atoms with Gasteiger partial charge < -0.3 is 20.1 Å². The average Bonchev–Trinajstić information content (AvgIpc) is 3.13. The molecule has 8 heteroatoms. The van der Waals surface area contributed by atoms with Crippen molar-refractivity contribution in [3.8, 4) is 0 Å². The van der Waals surface area contributed by atoms with Gasteiger partial charge in [-0.3, -0.25) is 4.99 Å². The number of ether oxygens (including phenoxy) is 2. The molecule has 0 aliphatic carbocycles. The van der Waals surface area contributed by atoms with Crippen LogP contribution in [0.25, 0.3) is 0 Å². The summed E-state index contributed by atoms with van der Waals surface area (Å²) < 4.78 is 38.3. The normalized spacial score (nSPS) is 16.9. The van der Waals surface area contributed by atoms with Crippen LogP contribution in [0.2, 0.25) is 0 Å². The summed E-state index contributed by atoms with van der Waals surface area (Å²) in [5.74, 6) is -0.391. The van der Waals surface area contributed by atoms with Crippen LogP contribution in [0, 0.1) is 11.6 Å². The molecule has 27 heavy (non-hydrogen) atoms. The molecule has 1 aliphatic heterocycles. The number of hydrogen-bond donors (Lipinski definition) is 2. The number of benzene rings is 1. The Kier molecular flexibility index (Phi) is 12.5. The lowest BCUT2D eigenvalue weighted by atomic mass is 10.1. The molecule has 1 saturated heterocycles. The second-order valence-corrected chi connectivity index (χ2v) is 6.20. The van der Waals surface area contributed by atoms with Crippen LogP contribution in [-0.2, 0) is 15.9 Å². The van der Waals surface area contributed by atoms with Gasteiger partial charge in [0.15, 0.2) is 5.96 Å². The van der Waals surface area contributed by atoms with Crippen LogP contribution in [0.4, 0.5) is 8.78 Å². The van der Waals surface area contributed by atoms with Crippen molar-refractivity contribution < 1.29 is 18.3 Å². The fourth-order valence-electron chi connectivity index (χ4n) is 2.77. The second-order valence-electron chi connectivity index (χ2n) is 6.20. The molecule has 0 bridgehead atoms. The third-order valence-corrected chi connectivity index (χ3v) is 4.12. The lowest BCUT2D eigenvalue weighted by Crippen LogP contribution is -2.38. The minimum atomic E-state index is -0.517. The molecular weight excluding hydrogens is 467 g/mol. The highest BCUT2D eigenvalue weighted by atomic mass is 127. The third kappa shape index (κ3) is 9.16. The number of aliphatic imine (C=N–C) groups is 1. The minimum Gasteiger partial charge on any atom is -0.379 e. The molecule has 1 aromatic carbocycles. The molecule has 0 radical (unpaired) electrons. The van der Waals surface area contributed by atoms with Gasteiger partial charge in [-0.25, -0.2) is 8.78 Å². The van der Waals surface area contributed by atoms with E-state index in [1.54, 1.807) is 0 Å². The summed E-state index contributed by atoms with van der Waals surface area (Å²) >= 11 is 0. The van der Waals surface area contributed by atoms with E-state index in [0.29, 0.717) is 32.3 Å². The van der Waals surface area contributed by atoms with Crippen molar-refractivity contribution in [3.05, 3.63) is 35.4 Å². The SMILES string of the molecule is CCNC(=NCCCOCC1CCCO1)NCCc1c(F)cccc1F.I. The van der Waals surface area contributed by atoms with E-state index in [1.165, 1.54) is 18.2 Å². The van der Waals surface area contributed by atoms with Crippen molar-refractivity contribution in [2.45, 2.75) is 38.7 Å². The van der Waals surface area contributed by atoms with Crippen molar-refractivity contribution in [2.75, 3.05) is 39.5 Å². The Balaban J connectivity index is 0.00000364. The topological polar surface area (TPSA) is 54.9 Å². The molecule has 1 fully saturated rings. The fourth-order valence-corrected chi connectivity index (χ4v) is 2.77. The van der Waals surface area contributed by atoms with Gasteiger partial charge in [-0.1, -0.05) is 6.07 Å². The van der Waals surface area contributed by atoms with Gasteiger partial charge in [-0.15, -0.1) is 24.0 Å². The van der Waals surface area contributed by atoms with E-state index in [0.717, 1.165) is 32.4 Å². The lowest BCUT2D eigenvalue weighted by Gasteiger charge is -2.12. The monoisotopic (exact) mass is 497 g/mol.